The SMILES string of the molecule is C=C(/C=C/C=C(\C)C(C)P(=O)(OC)OC)OCC. The number of ether oxygens (including phenoxy) is 1. The van der Waals surface area contributed by atoms with E-state index in [0.717, 1.165) is 5.57 Å². The Labute approximate surface area is 110 Å². The summed E-state index contributed by atoms with van der Waals surface area (Å²) in [5, 5.41) is 0. The van der Waals surface area contributed by atoms with Crippen LogP contribution < -0.4 is 0 Å². The number of allylic oxidation sites excluding steroid dienone is 4. The lowest BCUT2D eigenvalue weighted by molar-refractivity contribution is 0.244. The van der Waals surface area contributed by atoms with Crippen molar-refractivity contribution in [2.45, 2.75) is 26.4 Å². The molecular weight excluding hydrogens is 251 g/mol. The Bertz CT molecular complexity index is 363. The van der Waals surface area contributed by atoms with Crippen molar-refractivity contribution in [1.82, 2.24) is 0 Å². The van der Waals surface area contributed by atoms with Gasteiger partial charge in [-0.15, -0.1) is 0 Å². The topological polar surface area (TPSA) is 44.8 Å². The highest BCUT2D eigenvalue weighted by Gasteiger charge is 2.30. The first-order valence-corrected chi connectivity index (χ1v) is 7.40. The van der Waals surface area contributed by atoms with E-state index < -0.39 is 7.60 Å². The van der Waals surface area contributed by atoms with Crippen LogP contribution >= 0.6 is 7.60 Å². The van der Waals surface area contributed by atoms with E-state index in [1.54, 1.807) is 12.2 Å². The molecule has 0 spiro atoms. The molecule has 0 N–H and O–H groups in total. The van der Waals surface area contributed by atoms with Crippen molar-refractivity contribution in [1.29, 1.82) is 0 Å². The van der Waals surface area contributed by atoms with E-state index in [4.69, 9.17) is 13.8 Å². The third kappa shape index (κ3) is 5.21. The zero-order valence-electron chi connectivity index (χ0n) is 11.8. The molecule has 104 valence electrons. The van der Waals surface area contributed by atoms with Crippen LogP contribution in [0, 0.1) is 0 Å². The second-order valence-corrected chi connectivity index (χ2v) is 6.33. The Morgan fingerprint density at radius 1 is 1.39 bits per heavy atom. The van der Waals surface area contributed by atoms with Crippen molar-refractivity contribution in [3.63, 3.8) is 0 Å². The lowest BCUT2D eigenvalue weighted by atomic mass is 10.2. The molecule has 0 rings (SSSR count). The summed E-state index contributed by atoms with van der Waals surface area (Å²) >= 11 is 0. The van der Waals surface area contributed by atoms with Crippen LogP contribution in [0.4, 0.5) is 0 Å². The highest BCUT2D eigenvalue weighted by atomic mass is 31.2. The lowest BCUT2D eigenvalue weighted by Gasteiger charge is -2.21. The largest absolute Gasteiger partial charge is 0.495 e. The van der Waals surface area contributed by atoms with Crippen molar-refractivity contribution in [3.8, 4) is 0 Å². The first-order chi connectivity index (χ1) is 8.41. The standard InChI is InChI=1S/C13H23O4P/c1-7-17-12(3)10-8-9-11(2)13(4)18(14,15-5)16-6/h8-10,13H,3,7H2,1-2,4-6H3/b10-8+,11-9+. The molecule has 0 aromatic rings. The van der Waals surface area contributed by atoms with Gasteiger partial charge in [-0.05, 0) is 26.8 Å². The van der Waals surface area contributed by atoms with Gasteiger partial charge in [-0.1, -0.05) is 24.3 Å². The molecule has 18 heavy (non-hydrogen) atoms. The minimum absolute atomic E-state index is 0.294. The Balaban J connectivity index is 4.69. The second kappa shape index (κ2) is 8.30. The van der Waals surface area contributed by atoms with Gasteiger partial charge in [-0.25, -0.2) is 0 Å². The molecule has 0 aliphatic heterocycles. The predicted molar refractivity (Wildman–Crippen MR) is 74.7 cm³/mol. The zero-order chi connectivity index (χ0) is 14.2. The van der Waals surface area contributed by atoms with Crippen LogP contribution in [0.25, 0.3) is 0 Å². The van der Waals surface area contributed by atoms with Crippen LogP contribution in [-0.4, -0.2) is 26.5 Å². The van der Waals surface area contributed by atoms with Crippen LogP contribution in [0.15, 0.2) is 36.1 Å². The van der Waals surface area contributed by atoms with Gasteiger partial charge >= 0.3 is 7.60 Å². The molecule has 0 heterocycles. The summed E-state index contributed by atoms with van der Waals surface area (Å²) in [7, 11) is -0.281. The summed E-state index contributed by atoms with van der Waals surface area (Å²) in [6.45, 7) is 9.90. The van der Waals surface area contributed by atoms with Gasteiger partial charge in [-0.2, -0.15) is 0 Å². The zero-order valence-corrected chi connectivity index (χ0v) is 12.7. The molecule has 1 atom stereocenters. The molecule has 0 aliphatic carbocycles. The Hall–Kier alpha value is -0.830. The summed E-state index contributed by atoms with van der Waals surface area (Å²) in [5.74, 6) is 0.593. The maximum atomic E-state index is 12.1. The highest BCUT2D eigenvalue weighted by molar-refractivity contribution is 7.54. The van der Waals surface area contributed by atoms with E-state index in [2.05, 4.69) is 6.58 Å². The van der Waals surface area contributed by atoms with Gasteiger partial charge in [0.05, 0.1) is 12.3 Å². The third-order valence-corrected chi connectivity index (χ3v) is 4.99. The summed E-state index contributed by atoms with van der Waals surface area (Å²) in [6, 6.07) is 0. The molecule has 0 aliphatic rings. The maximum Gasteiger partial charge on any atom is 0.336 e. The smallest absolute Gasteiger partial charge is 0.336 e. The maximum absolute atomic E-state index is 12.1. The number of hydrogen-bond acceptors (Lipinski definition) is 4. The third-order valence-electron chi connectivity index (χ3n) is 2.61. The van der Waals surface area contributed by atoms with E-state index in [9.17, 15) is 4.57 Å². The van der Waals surface area contributed by atoms with Crippen LogP contribution in [0.2, 0.25) is 0 Å². The Morgan fingerprint density at radius 2 is 1.94 bits per heavy atom. The molecule has 0 bridgehead atoms. The summed E-state index contributed by atoms with van der Waals surface area (Å²) in [5.41, 5.74) is 0.611. The highest BCUT2D eigenvalue weighted by Crippen LogP contribution is 2.53. The molecule has 5 heteroatoms. The van der Waals surface area contributed by atoms with Crippen molar-refractivity contribution in [2.24, 2.45) is 0 Å². The van der Waals surface area contributed by atoms with E-state index in [-0.39, 0.29) is 5.66 Å². The fourth-order valence-electron chi connectivity index (χ4n) is 1.32. The van der Waals surface area contributed by atoms with Gasteiger partial charge in [-0.3, -0.25) is 4.57 Å². The average Bonchev–Trinajstić information content (AvgIpc) is 2.37. The van der Waals surface area contributed by atoms with Crippen molar-refractivity contribution < 1.29 is 18.3 Å². The van der Waals surface area contributed by atoms with Gasteiger partial charge in [0, 0.05) is 14.2 Å². The van der Waals surface area contributed by atoms with Gasteiger partial charge in [0.2, 0.25) is 0 Å². The quantitative estimate of drug-likeness (QED) is 0.382. The van der Waals surface area contributed by atoms with E-state index in [1.807, 2.05) is 26.8 Å². The van der Waals surface area contributed by atoms with Gasteiger partial charge in [0.15, 0.2) is 0 Å². The van der Waals surface area contributed by atoms with E-state index in [0.29, 0.717) is 12.4 Å². The Morgan fingerprint density at radius 3 is 2.39 bits per heavy atom. The monoisotopic (exact) mass is 274 g/mol. The van der Waals surface area contributed by atoms with Gasteiger partial charge < -0.3 is 13.8 Å². The van der Waals surface area contributed by atoms with E-state index in [1.165, 1.54) is 14.2 Å². The van der Waals surface area contributed by atoms with Crippen molar-refractivity contribution >= 4 is 7.60 Å². The second-order valence-electron chi connectivity index (χ2n) is 3.75. The molecule has 0 radical (unpaired) electrons. The van der Waals surface area contributed by atoms with Gasteiger partial charge in [0.25, 0.3) is 0 Å². The minimum atomic E-state index is -3.06. The average molecular weight is 274 g/mol. The molecule has 0 fully saturated rings. The molecule has 0 saturated heterocycles. The normalized spacial score (nSPS) is 14.8. The van der Waals surface area contributed by atoms with Crippen LogP contribution in [-0.2, 0) is 18.3 Å². The summed E-state index contributed by atoms with van der Waals surface area (Å²) in [6.07, 6.45) is 5.41. The molecule has 0 aromatic carbocycles. The molecule has 0 saturated carbocycles. The lowest BCUT2D eigenvalue weighted by Crippen LogP contribution is -2.08. The number of rotatable bonds is 8. The Kier molecular flexibility index (Phi) is 7.92. The molecule has 1 unspecified atom stereocenters. The van der Waals surface area contributed by atoms with Crippen LogP contribution in [0.5, 0.6) is 0 Å². The predicted octanol–water partition coefficient (Wildman–Crippen LogP) is 3.91. The molecule has 0 amide bonds. The van der Waals surface area contributed by atoms with Gasteiger partial charge in [0.1, 0.15) is 5.76 Å². The summed E-state index contributed by atoms with van der Waals surface area (Å²) in [4.78, 5) is 0. The minimum Gasteiger partial charge on any atom is -0.495 e. The molecule has 4 nitrogen and oxygen atoms in total. The van der Waals surface area contributed by atoms with Crippen molar-refractivity contribution in [2.75, 3.05) is 20.8 Å². The molecule has 0 aromatic heterocycles. The first-order valence-electron chi connectivity index (χ1n) is 5.79. The van der Waals surface area contributed by atoms with Crippen molar-refractivity contribution in [3.05, 3.63) is 36.1 Å². The van der Waals surface area contributed by atoms with Crippen LogP contribution in [0.1, 0.15) is 20.8 Å². The molecular formula is C13H23O4P. The van der Waals surface area contributed by atoms with E-state index >= 15 is 0 Å². The fraction of sp³-hybridized carbons (Fsp3) is 0.538. The number of hydrogen-bond donors (Lipinski definition) is 0. The summed E-state index contributed by atoms with van der Waals surface area (Å²) < 4.78 is 27.2. The fourth-order valence-corrected chi connectivity index (χ4v) is 2.69. The van der Waals surface area contributed by atoms with Crippen LogP contribution in [0.3, 0.4) is 0 Å². The first kappa shape index (κ1) is 17.2.